The molecule has 1 aliphatic rings. The van der Waals surface area contributed by atoms with Gasteiger partial charge < -0.3 is 15.0 Å². The lowest BCUT2D eigenvalue weighted by atomic mass is 10.1. The predicted octanol–water partition coefficient (Wildman–Crippen LogP) is 4.87. The maximum Gasteiger partial charge on any atom is 0.416 e. The number of halogens is 3. The molecule has 1 fully saturated rings. The number of alkyl halides is 3. The lowest BCUT2D eigenvalue weighted by Crippen LogP contribution is -2.36. The molecular formula is C21H19F3N4O2S2. The molecule has 0 aliphatic carbocycles. The van der Waals surface area contributed by atoms with Crippen LogP contribution in [-0.2, 0) is 15.7 Å². The fraction of sp³-hybridized carbons (Fsp3) is 0.286. The number of carbonyl (C=O) groups excluding carboxylic acids is 1. The lowest BCUT2D eigenvalue weighted by molar-refractivity contribution is -0.137. The Bertz CT molecular complexity index is 1060. The number of ether oxygens (including phenoxy) is 1. The second kappa shape index (κ2) is 9.88. The van der Waals surface area contributed by atoms with Crippen molar-refractivity contribution in [2.24, 2.45) is 0 Å². The number of thioether (sulfide) groups is 1. The Balaban J connectivity index is 1.54. The predicted molar refractivity (Wildman–Crippen MR) is 118 cm³/mol. The lowest BCUT2D eigenvalue weighted by Gasteiger charge is -2.25. The Labute approximate surface area is 190 Å². The van der Waals surface area contributed by atoms with Crippen LogP contribution in [0.5, 0.6) is 0 Å². The van der Waals surface area contributed by atoms with E-state index in [1.54, 1.807) is 24.3 Å². The molecule has 1 aliphatic heterocycles. The number of hydrogen-bond acceptors (Lipinski definition) is 7. The number of rotatable bonds is 6. The SMILES string of the molecule is O=C(Nc1cccc(C(F)(F)F)c1)C(Sc1nnc(N2CCOCC2)s1)c1ccccc1. The molecule has 1 N–H and O–H groups in total. The maximum absolute atomic E-state index is 13.1. The zero-order valence-electron chi connectivity index (χ0n) is 16.7. The Morgan fingerprint density at radius 3 is 2.56 bits per heavy atom. The fourth-order valence-electron chi connectivity index (χ4n) is 3.12. The highest BCUT2D eigenvalue weighted by atomic mass is 32.2. The van der Waals surface area contributed by atoms with Crippen LogP contribution in [0.25, 0.3) is 0 Å². The average molecular weight is 481 g/mol. The van der Waals surface area contributed by atoms with Gasteiger partial charge in [-0.25, -0.2) is 0 Å². The summed E-state index contributed by atoms with van der Waals surface area (Å²) in [5.41, 5.74) is -0.0267. The van der Waals surface area contributed by atoms with Gasteiger partial charge in [-0.05, 0) is 23.8 Å². The van der Waals surface area contributed by atoms with Crippen LogP contribution < -0.4 is 10.2 Å². The number of hydrogen-bond donors (Lipinski definition) is 1. The van der Waals surface area contributed by atoms with Gasteiger partial charge in [-0.1, -0.05) is 59.5 Å². The van der Waals surface area contributed by atoms with Crippen molar-refractivity contribution >= 4 is 39.8 Å². The van der Waals surface area contributed by atoms with Gasteiger partial charge in [0.1, 0.15) is 5.25 Å². The number of carbonyl (C=O) groups is 1. The van der Waals surface area contributed by atoms with Crippen LogP contribution >= 0.6 is 23.1 Å². The molecule has 0 radical (unpaired) electrons. The van der Waals surface area contributed by atoms with Crippen molar-refractivity contribution in [1.82, 2.24) is 10.2 Å². The molecule has 0 spiro atoms. The maximum atomic E-state index is 13.1. The van der Waals surface area contributed by atoms with Crippen LogP contribution in [0, 0.1) is 0 Å². The number of morpholine rings is 1. The third-order valence-electron chi connectivity index (χ3n) is 4.69. The molecular weight excluding hydrogens is 461 g/mol. The van der Waals surface area contributed by atoms with E-state index in [9.17, 15) is 18.0 Å². The highest BCUT2D eigenvalue weighted by Crippen LogP contribution is 2.39. The Hall–Kier alpha value is -2.63. The van der Waals surface area contributed by atoms with Crippen molar-refractivity contribution in [3.63, 3.8) is 0 Å². The summed E-state index contributed by atoms with van der Waals surface area (Å²) in [4.78, 5) is 15.2. The highest BCUT2D eigenvalue weighted by molar-refractivity contribution is 8.02. The van der Waals surface area contributed by atoms with Gasteiger partial charge in [-0.15, -0.1) is 10.2 Å². The molecule has 4 rings (SSSR count). The Kier molecular flexibility index (Phi) is 6.97. The number of anilines is 2. The monoisotopic (exact) mass is 480 g/mol. The van der Waals surface area contributed by atoms with E-state index >= 15 is 0 Å². The normalized spacial score (nSPS) is 15.4. The summed E-state index contributed by atoms with van der Waals surface area (Å²) in [5, 5.41) is 11.1. The molecule has 32 heavy (non-hydrogen) atoms. The van der Waals surface area contributed by atoms with E-state index in [0.717, 1.165) is 30.4 Å². The van der Waals surface area contributed by atoms with Gasteiger partial charge in [0, 0.05) is 18.8 Å². The van der Waals surface area contributed by atoms with Crippen LogP contribution in [0.1, 0.15) is 16.4 Å². The molecule has 3 aromatic rings. The van der Waals surface area contributed by atoms with E-state index in [4.69, 9.17) is 4.74 Å². The second-order valence-corrected chi connectivity index (χ2v) is 9.23. The van der Waals surface area contributed by atoms with Gasteiger partial charge in [-0.3, -0.25) is 4.79 Å². The minimum atomic E-state index is -4.49. The molecule has 1 saturated heterocycles. The third kappa shape index (κ3) is 5.59. The number of nitrogens with one attached hydrogen (secondary N) is 1. The molecule has 11 heteroatoms. The summed E-state index contributed by atoms with van der Waals surface area (Å²) in [6.45, 7) is 2.68. The fourth-order valence-corrected chi connectivity index (χ4v) is 5.20. The van der Waals surface area contributed by atoms with Crippen LogP contribution in [-0.4, -0.2) is 42.4 Å². The van der Waals surface area contributed by atoms with Crippen LogP contribution in [0.15, 0.2) is 58.9 Å². The zero-order valence-corrected chi connectivity index (χ0v) is 18.3. The number of benzene rings is 2. The largest absolute Gasteiger partial charge is 0.416 e. The first-order chi connectivity index (χ1) is 15.4. The number of aromatic nitrogens is 2. The molecule has 0 saturated carbocycles. The first kappa shape index (κ1) is 22.6. The van der Waals surface area contributed by atoms with Gasteiger partial charge in [-0.2, -0.15) is 13.2 Å². The topological polar surface area (TPSA) is 67.4 Å². The van der Waals surface area contributed by atoms with Crippen molar-refractivity contribution in [3.8, 4) is 0 Å². The van der Waals surface area contributed by atoms with Gasteiger partial charge in [0.15, 0.2) is 4.34 Å². The summed E-state index contributed by atoms with van der Waals surface area (Å²) in [5.74, 6) is -0.441. The first-order valence-corrected chi connectivity index (χ1v) is 11.5. The van der Waals surface area contributed by atoms with Crippen molar-refractivity contribution in [2.75, 3.05) is 36.5 Å². The van der Waals surface area contributed by atoms with Gasteiger partial charge in [0.2, 0.25) is 11.0 Å². The summed E-state index contributed by atoms with van der Waals surface area (Å²) in [6.07, 6.45) is -4.49. The Morgan fingerprint density at radius 2 is 1.84 bits per heavy atom. The van der Waals surface area contributed by atoms with E-state index in [2.05, 4.69) is 20.4 Å². The highest BCUT2D eigenvalue weighted by Gasteiger charge is 2.31. The van der Waals surface area contributed by atoms with E-state index in [1.807, 2.05) is 6.07 Å². The minimum Gasteiger partial charge on any atom is -0.378 e. The Morgan fingerprint density at radius 1 is 1.09 bits per heavy atom. The van der Waals surface area contributed by atoms with Gasteiger partial charge in [0.05, 0.1) is 18.8 Å². The first-order valence-electron chi connectivity index (χ1n) is 9.76. The van der Waals surface area contributed by atoms with E-state index < -0.39 is 22.9 Å². The molecule has 168 valence electrons. The zero-order chi connectivity index (χ0) is 22.6. The molecule has 0 bridgehead atoms. The summed E-state index contributed by atoms with van der Waals surface area (Å²) < 4.78 is 45.0. The third-order valence-corrected chi connectivity index (χ3v) is 7.02. The second-order valence-electron chi connectivity index (χ2n) is 6.93. The van der Waals surface area contributed by atoms with Crippen LogP contribution in [0.4, 0.5) is 24.0 Å². The summed E-state index contributed by atoms with van der Waals surface area (Å²) in [7, 11) is 0. The van der Waals surface area contributed by atoms with E-state index in [0.29, 0.717) is 23.1 Å². The molecule has 1 unspecified atom stereocenters. The smallest absolute Gasteiger partial charge is 0.378 e. The minimum absolute atomic E-state index is 0.0811. The van der Waals surface area contributed by atoms with Crippen molar-refractivity contribution in [3.05, 3.63) is 65.7 Å². The molecule has 1 atom stereocenters. The van der Waals surface area contributed by atoms with Crippen molar-refractivity contribution in [1.29, 1.82) is 0 Å². The van der Waals surface area contributed by atoms with E-state index in [1.165, 1.54) is 35.2 Å². The van der Waals surface area contributed by atoms with Crippen molar-refractivity contribution in [2.45, 2.75) is 15.8 Å². The molecule has 6 nitrogen and oxygen atoms in total. The number of nitrogens with zero attached hydrogens (tertiary/aromatic N) is 3. The van der Waals surface area contributed by atoms with Gasteiger partial charge in [0.25, 0.3) is 0 Å². The molecule has 1 amide bonds. The van der Waals surface area contributed by atoms with E-state index in [-0.39, 0.29) is 5.69 Å². The summed E-state index contributed by atoms with van der Waals surface area (Å²) in [6, 6.07) is 13.6. The summed E-state index contributed by atoms with van der Waals surface area (Å²) >= 11 is 2.59. The molecule has 1 aromatic heterocycles. The quantitative estimate of drug-likeness (QED) is 0.508. The van der Waals surface area contributed by atoms with Crippen LogP contribution in [0.2, 0.25) is 0 Å². The number of amides is 1. The standard InChI is InChI=1S/C21H19F3N4O2S2/c22-21(23,24)15-7-4-8-16(13-15)25-18(29)17(14-5-2-1-3-6-14)31-20-27-26-19(32-20)28-9-11-30-12-10-28/h1-8,13,17H,9-12H2,(H,25,29). The molecule has 2 aromatic carbocycles. The van der Waals surface area contributed by atoms with Crippen molar-refractivity contribution < 1.29 is 22.7 Å². The van der Waals surface area contributed by atoms with Crippen LogP contribution in [0.3, 0.4) is 0 Å². The molecule has 2 heterocycles. The van der Waals surface area contributed by atoms with Gasteiger partial charge >= 0.3 is 6.18 Å². The average Bonchev–Trinajstić information content (AvgIpc) is 3.27.